The monoisotopic (exact) mass is 293 g/mol. The first-order valence-corrected chi connectivity index (χ1v) is 7.90. The topological polar surface area (TPSA) is 55.2 Å². The van der Waals surface area contributed by atoms with Crippen LogP contribution < -0.4 is 4.31 Å². The number of hydrogen-bond acceptors (Lipinski definition) is 3. The van der Waals surface area contributed by atoms with E-state index in [0.29, 0.717) is 17.9 Å². The van der Waals surface area contributed by atoms with E-state index in [1.54, 1.807) is 20.2 Å². The largest absolute Gasteiger partial charge is 0.274 e. The van der Waals surface area contributed by atoms with Gasteiger partial charge in [0.15, 0.2) is 0 Å². The lowest BCUT2D eigenvalue weighted by atomic mass is 10.2. The second-order valence-corrected chi connectivity index (χ2v) is 6.54. The van der Waals surface area contributed by atoms with Crippen molar-refractivity contribution >= 4 is 15.7 Å². The molecular formula is C14H19N3O2S. The van der Waals surface area contributed by atoms with Crippen LogP contribution in [-0.2, 0) is 17.1 Å². The van der Waals surface area contributed by atoms with Gasteiger partial charge in [-0.2, -0.15) is 5.10 Å². The SMILES string of the molecule is CCN(c1ccccc1C)S(=O)(=O)c1cn(C)nc1C. The molecule has 0 spiro atoms. The molecule has 0 unspecified atom stereocenters. The number of aromatic nitrogens is 2. The second-order valence-electron chi connectivity index (χ2n) is 4.71. The average Bonchev–Trinajstić information content (AvgIpc) is 2.72. The number of benzene rings is 1. The Hall–Kier alpha value is -1.82. The van der Waals surface area contributed by atoms with E-state index in [4.69, 9.17) is 0 Å². The van der Waals surface area contributed by atoms with Crippen molar-refractivity contribution in [1.82, 2.24) is 9.78 Å². The zero-order chi connectivity index (χ0) is 14.9. The van der Waals surface area contributed by atoms with Crippen LogP contribution >= 0.6 is 0 Å². The van der Waals surface area contributed by atoms with Crippen LogP contribution in [0.2, 0.25) is 0 Å². The molecule has 0 aliphatic rings. The first-order valence-electron chi connectivity index (χ1n) is 6.46. The third-order valence-electron chi connectivity index (χ3n) is 3.21. The summed E-state index contributed by atoms with van der Waals surface area (Å²) >= 11 is 0. The minimum Gasteiger partial charge on any atom is -0.274 e. The lowest BCUT2D eigenvalue weighted by Crippen LogP contribution is -2.31. The van der Waals surface area contributed by atoms with E-state index >= 15 is 0 Å². The van der Waals surface area contributed by atoms with Crippen LogP contribution in [0, 0.1) is 13.8 Å². The molecule has 0 aliphatic carbocycles. The Morgan fingerprint density at radius 3 is 2.40 bits per heavy atom. The number of nitrogens with zero attached hydrogens (tertiary/aromatic N) is 3. The van der Waals surface area contributed by atoms with E-state index < -0.39 is 10.0 Å². The molecule has 2 rings (SSSR count). The molecule has 0 fully saturated rings. The maximum Gasteiger partial charge on any atom is 0.267 e. The Labute approximate surface area is 119 Å². The van der Waals surface area contributed by atoms with Crippen molar-refractivity contribution in [3.05, 3.63) is 41.7 Å². The van der Waals surface area contributed by atoms with Crippen molar-refractivity contribution in [2.45, 2.75) is 25.7 Å². The molecule has 0 aliphatic heterocycles. The van der Waals surface area contributed by atoms with E-state index in [9.17, 15) is 8.42 Å². The van der Waals surface area contributed by atoms with Gasteiger partial charge in [0.1, 0.15) is 4.90 Å². The van der Waals surface area contributed by atoms with Gasteiger partial charge in [-0.05, 0) is 32.4 Å². The predicted molar refractivity (Wildman–Crippen MR) is 79.3 cm³/mol. The summed E-state index contributed by atoms with van der Waals surface area (Å²) in [5.74, 6) is 0. The third-order valence-corrected chi connectivity index (χ3v) is 5.20. The molecule has 0 bridgehead atoms. The highest BCUT2D eigenvalue weighted by atomic mass is 32.2. The zero-order valence-electron chi connectivity index (χ0n) is 12.2. The van der Waals surface area contributed by atoms with Gasteiger partial charge >= 0.3 is 0 Å². The summed E-state index contributed by atoms with van der Waals surface area (Å²) in [6.07, 6.45) is 1.55. The van der Waals surface area contributed by atoms with E-state index in [1.165, 1.54) is 8.99 Å². The van der Waals surface area contributed by atoms with E-state index in [1.807, 2.05) is 38.1 Å². The average molecular weight is 293 g/mol. The van der Waals surface area contributed by atoms with Gasteiger partial charge in [0.2, 0.25) is 0 Å². The molecule has 1 aromatic carbocycles. The van der Waals surface area contributed by atoms with E-state index in [0.717, 1.165) is 5.56 Å². The summed E-state index contributed by atoms with van der Waals surface area (Å²) in [4.78, 5) is 0.255. The van der Waals surface area contributed by atoms with Crippen molar-refractivity contribution in [3.63, 3.8) is 0 Å². The Morgan fingerprint density at radius 2 is 1.90 bits per heavy atom. The number of anilines is 1. The third kappa shape index (κ3) is 2.43. The molecule has 0 atom stereocenters. The highest BCUT2D eigenvalue weighted by molar-refractivity contribution is 7.92. The maximum absolute atomic E-state index is 12.8. The molecule has 0 saturated heterocycles. The fraction of sp³-hybridized carbons (Fsp3) is 0.357. The van der Waals surface area contributed by atoms with Crippen LogP contribution in [0.3, 0.4) is 0 Å². The van der Waals surface area contributed by atoms with Crippen LogP contribution in [-0.4, -0.2) is 24.7 Å². The number of aryl methyl sites for hydroxylation is 3. The number of sulfonamides is 1. The Balaban J connectivity index is 2.57. The summed E-state index contributed by atoms with van der Waals surface area (Å²) in [5.41, 5.74) is 2.15. The molecule has 0 saturated carbocycles. The molecule has 0 amide bonds. The standard InChI is InChI=1S/C14H19N3O2S/c1-5-17(13-9-7-6-8-11(13)2)20(18,19)14-10-16(4)15-12(14)3/h6-10H,5H2,1-4H3. The molecule has 20 heavy (non-hydrogen) atoms. The molecule has 6 heteroatoms. The van der Waals surface area contributed by atoms with E-state index in [-0.39, 0.29) is 4.90 Å². The van der Waals surface area contributed by atoms with Crippen LogP contribution in [0.1, 0.15) is 18.2 Å². The van der Waals surface area contributed by atoms with Gasteiger partial charge in [-0.1, -0.05) is 18.2 Å². The number of rotatable bonds is 4. The molecular weight excluding hydrogens is 274 g/mol. The second kappa shape index (κ2) is 5.28. The first kappa shape index (κ1) is 14.6. The molecule has 108 valence electrons. The summed E-state index contributed by atoms with van der Waals surface area (Å²) in [5, 5.41) is 4.12. The lowest BCUT2D eigenvalue weighted by Gasteiger charge is -2.24. The first-order chi connectivity index (χ1) is 9.37. The Kier molecular flexibility index (Phi) is 3.85. The summed E-state index contributed by atoms with van der Waals surface area (Å²) in [6.45, 7) is 5.82. The summed E-state index contributed by atoms with van der Waals surface area (Å²) in [7, 11) is -1.87. The fourth-order valence-electron chi connectivity index (χ4n) is 2.26. The molecule has 1 heterocycles. The van der Waals surface area contributed by atoms with Gasteiger partial charge in [-0.3, -0.25) is 8.99 Å². The van der Waals surface area contributed by atoms with Crippen LogP contribution in [0.15, 0.2) is 35.4 Å². The minimum absolute atomic E-state index is 0.255. The van der Waals surface area contributed by atoms with E-state index in [2.05, 4.69) is 5.10 Å². The van der Waals surface area contributed by atoms with Gasteiger partial charge in [0.25, 0.3) is 10.0 Å². The van der Waals surface area contributed by atoms with Gasteiger partial charge in [0, 0.05) is 19.8 Å². The smallest absolute Gasteiger partial charge is 0.267 e. The fourth-order valence-corrected chi connectivity index (χ4v) is 4.00. The van der Waals surface area contributed by atoms with Gasteiger partial charge in [0.05, 0.1) is 11.4 Å². The molecule has 2 aromatic rings. The lowest BCUT2D eigenvalue weighted by molar-refractivity contribution is 0.591. The summed E-state index contributed by atoms with van der Waals surface area (Å²) < 4.78 is 28.6. The number of para-hydroxylation sites is 1. The zero-order valence-corrected chi connectivity index (χ0v) is 13.0. The van der Waals surface area contributed by atoms with Gasteiger partial charge in [-0.25, -0.2) is 8.42 Å². The summed E-state index contributed by atoms with van der Waals surface area (Å²) in [6, 6.07) is 7.47. The molecule has 0 radical (unpaired) electrons. The van der Waals surface area contributed by atoms with Crippen LogP contribution in [0.4, 0.5) is 5.69 Å². The normalized spacial score (nSPS) is 11.6. The minimum atomic E-state index is -3.59. The molecule has 1 aromatic heterocycles. The maximum atomic E-state index is 12.8. The molecule has 5 nitrogen and oxygen atoms in total. The van der Waals surface area contributed by atoms with Gasteiger partial charge < -0.3 is 0 Å². The van der Waals surface area contributed by atoms with Crippen molar-refractivity contribution in [1.29, 1.82) is 0 Å². The van der Waals surface area contributed by atoms with Crippen molar-refractivity contribution < 1.29 is 8.42 Å². The Bertz CT molecular complexity index is 720. The predicted octanol–water partition coefficient (Wildman–Crippen LogP) is 2.25. The number of hydrogen-bond donors (Lipinski definition) is 0. The van der Waals surface area contributed by atoms with Crippen LogP contribution in [0.25, 0.3) is 0 Å². The highest BCUT2D eigenvalue weighted by Gasteiger charge is 2.27. The van der Waals surface area contributed by atoms with Gasteiger partial charge in [-0.15, -0.1) is 0 Å². The highest BCUT2D eigenvalue weighted by Crippen LogP contribution is 2.27. The Morgan fingerprint density at radius 1 is 1.25 bits per heavy atom. The van der Waals surface area contributed by atoms with Crippen molar-refractivity contribution in [2.75, 3.05) is 10.8 Å². The molecule has 0 N–H and O–H groups in total. The van der Waals surface area contributed by atoms with Crippen molar-refractivity contribution in [2.24, 2.45) is 7.05 Å². The quantitative estimate of drug-likeness (QED) is 0.869. The van der Waals surface area contributed by atoms with Crippen molar-refractivity contribution in [3.8, 4) is 0 Å². The van der Waals surface area contributed by atoms with Crippen LogP contribution in [0.5, 0.6) is 0 Å².